The molecule has 0 spiro atoms. The van der Waals surface area contributed by atoms with Gasteiger partial charge >= 0.3 is 6.18 Å². The third kappa shape index (κ3) is 3.84. The van der Waals surface area contributed by atoms with Crippen molar-refractivity contribution in [3.63, 3.8) is 0 Å². The van der Waals surface area contributed by atoms with E-state index in [0.717, 1.165) is 6.07 Å². The smallest absolute Gasteiger partial charge is 0.398 e. The van der Waals surface area contributed by atoms with E-state index in [2.05, 4.69) is 0 Å². The standard InChI is InChI=1S/C12H16F3NS/c1-7(2)8(3)17-9-4-5-11(16)10(6-9)12(13,14)15/h4-8H,16H2,1-3H3. The first-order valence-corrected chi connectivity index (χ1v) is 6.23. The molecule has 0 amide bonds. The minimum Gasteiger partial charge on any atom is -0.398 e. The predicted octanol–water partition coefficient (Wildman–Crippen LogP) is 4.42. The van der Waals surface area contributed by atoms with Gasteiger partial charge in [0.25, 0.3) is 0 Å². The molecule has 2 N–H and O–H groups in total. The molecule has 0 aliphatic carbocycles. The van der Waals surface area contributed by atoms with E-state index in [0.29, 0.717) is 10.8 Å². The summed E-state index contributed by atoms with van der Waals surface area (Å²) in [4.78, 5) is 0.604. The van der Waals surface area contributed by atoms with Gasteiger partial charge in [0.05, 0.1) is 5.56 Å². The molecule has 17 heavy (non-hydrogen) atoms. The third-order valence-electron chi connectivity index (χ3n) is 2.59. The van der Waals surface area contributed by atoms with Gasteiger partial charge in [-0.25, -0.2) is 0 Å². The molecule has 0 fully saturated rings. The fraction of sp³-hybridized carbons (Fsp3) is 0.500. The average Bonchev–Trinajstić information content (AvgIpc) is 2.19. The topological polar surface area (TPSA) is 26.0 Å². The Labute approximate surface area is 104 Å². The van der Waals surface area contributed by atoms with Crippen LogP contribution in [0.3, 0.4) is 0 Å². The van der Waals surface area contributed by atoms with Crippen molar-refractivity contribution in [2.45, 2.75) is 37.1 Å². The van der Waals surface area contributed by atoms with E-state index in [1.54, 1.807) is 6.07 Å². The van der Waals surface area contributed by atoms with Crippen LogP contribution in [0.5, 0.6) is 0 Å². The number of hydrogen-bond donors (Lipinski definition) is 1. The number of thioether (sulfide) groups is 1. The number of rotatable bonds is 3. The second-order valence-corrected chi connectivity index (χ2v) is 5.76. The Morgan fingerprint density at radius 3 is 2.24 bits per heavy atom. The van der Waals surface area contributed by atoms with E-state index in [1.165, 1.54) is 17.8 Å². The van der Waals surface area contributed by atoms with Crippen LogP contribution in [-0.2, 0) is 6.18 Å². The molecule has 1 unspecified atom stereocenters. The van der Waals surface area contributed by atoms with Crippen molar-refractivity contribution in [1.29, 1.82) is 0 Å². The molecule has 5 heteroatoms. The second-order valence-electron chi connectivity index (χ2n) is 4.31. The Balaban J connectivity index is 2.97. The van der Waals surface area contributed by atoms with Gasteiger partial charge < -0.3 is 5.73 Å². The molecule has 1 aromatic carbocycles. The average molecular weight is 263 g/mol. The number of alkyl halides is 3. The zero-order chi connectivity index (χ0) is 13.2. The van der Waals surface area contributed by atoms with Gasteiger partial charge in [-0.15, -0.1) is 11.8 Å². The number of anilines is 1. The van der Waals surface area contributed by atoms with Gasteiger partial charge in [-0.1, -0.05) is 20.8 Å². The largest absolute Gasteiger partial charge is 0.418 e. The van der Waals surface area contributed by atoms with Gasteiger partial charge in [0.15, 0.2) is 0 Å². The van der Waals surface area contributed by atoms with Gasteiger partial charge in [-0.2, -0.15) is 13.2 Å². The number of benzene rings is 1. The summed E-state index contributed by atoms with van der Waals surface area (Å²) in [6.45, 7) is 6.08. The molecule has 0 aliphatic heterocycles. The fourth-order valence-corrected chi connectivity index (χ4v) is 2.24. The lowest BCUT2D eigenvalue weighted by Crippen LogP contribution is -2.10. The second kappa shape index (κ2) is 5.21. The Morgan fingerprint density at radius 1 is 1.18 bits per heavy atom. The first-order chi connectivity index (χ1) is 7.71. The lowest BCUT2D eigenvalue weighted by Gasteiger charge is -2.16. The summed E-state index contributed by atoms with van der Waals surface area (Å²) in [5.74, 6) is 0.409. The van der Waals surface area contributed by atoms with Gasteiger partial charge in [-0.05, 0) is 24.1 Å². The molecule has 0 saturated heterocycles. The molecule has 0 bridgehead atoms. The van der Waals surface area contributed by atoms with Crippen molar-refractivity contribution in [2.24, 2.45) is 5.92 Å². The summed E-state index contributed by atoms with van der Waals surface area (Å²) >= 11 is 1.44. The van der Waals surface area contributed by atoms with Crippen LogP contribution in [0.4, 0.5) is 18.9 Å². The molecular weight excluding hydrogens is 247 g/mol. The van der Waals surface area contributed by atoms with Gasteiger partial charge in [0.2, 0.25) is 0 Å². The molecule has 96 valence electrons. The van der Waals surface area contributed by atoms with Gasteiger partial charge in [-0.3, -0.25) is 0 Å². The summed E-state index contributed by atoms with van der Waals surface area (Å²) in [5, 5.41) is 0.264. The number of nitrogens with two attached hydrogens (primary N) is 1. The quantitative estimate of drug-likeness (QED) is 0.645. The molecule has 1 rings (SSSR count). The van der Waals surface area contributed by atoms with Crippen molar-refractivity contribution >= 4 is 17.4 Å². The van der Waals surface area contributed by atoms with Crippen molar-refractivity contribution < 1.29 is 13.2 Å². The first kappa shape index (κ1) is 14.2. The highest BCUT2D eigenvalue weighted by molar-refractivity contribution is 8.00. The molecule has 0 radical (unpaired) electrons. The van der Waals surface area contributed by atoms with E-state index >= 15 is 0 Å². The van der Waals surface area contributed by atoms with E-state index in [1.807, 2.05) is 20.8 Å². The molecule has 0 aliphatic rings. The summed E-state index contributed by atoms with van der Waals surface area (Å²) in [7, 11) is 0. The first-order valence-electron chi connectivity index (χ1n) is 5.35. The lowest BCUT2D eigenvalue weighted by atomic mass is 10.1. The highest BCUT2D eigenvalue weighted by atomic mass is 32.2. The summed E-state index contributed by atoms with van der Waals surface area (Å²) in [6, 6.07) is 4.07. The minimum absolute atomic E-state index is 0.223. The van der Waals surface area contributed by atoms with Crippen molar-refractivity contribution in [3.8, 4) is 0 Å². The Morgan fingerprint density at radius 2 is 1.76 bits per heavy atom. The molecule has 0 aromatic heterocycles. The SMILES string of the molecule is CC(C)C(C)Sc1ccc(N)c(C(F)(F)F)c1. The van der Waals surface area contributed by atoms with Crippen LogP contribution in [0, 0.1) is 5.92 Å². The zero-order valence-electron chi connectivity index (χ0n) is 10.0. The molecule has 1 nitrogen and oxygen atoms in total. The molecular formula is C12H16F3NS. The van der Waals surface area contributed by atoms with Crippen LogP contribution >= 0.6 is 11.8 Å². The monoisotopic (exact) mass is 263 g/mol. The van der Waals surface area contributed by atoms with Crippen molar-refractivity contribution in [1.82, 2.24) is 0 Å². The maximum Gasteiger partial charge on any atom is 0.418 e. The van der Waals surface area contributed by atoms with Crippen LogP contribution < -0.4 is 5.73 Å². The van der Waals surface area contributed by atoms with Crippen LogP contribution in [0.15, 0.2) is 23.1 Å². The van der Waals surface area contributed by atoms with Crippen LogP contribution in [0.25, 0.3) is 0 Å². The number of nitrogen functional groups attached to an aromatic ring is 1. The van der Waals surface area contributed by atoms with Crippen LogP contribution in [0.2, 0.25) is 0 Å². The van der Waals surface area contributed by atoms with E-state index in [-0.39, 0.29) is 10.9 Å². The highest BCUT2D eigenvalue weighted by Crippen LogP contribution is 2.37. The van der Waals surface area contributed by atoms with Gasteiger partial charge in [0.1, 0.15) is 0 Å². The van der Waals surface area contributed by atoms with Crippen LogP contribution in [-0.4, -0.2) is 5.25 Å². The Hall–Kier alpha value is -0.840. The molecule has 0 saturated carbocycles. The summed E-state index contributed by atoms with van der Waals surface area (Å²) in [5.41, 5.74) is 4.36. The maximum atomic E-state index is 12.6. The molecule has 1 atom stereocenters. The number of hydrogen-bond acceptors (Lipinski definition) is 2. The van der Waals surface area contributed by atoms with E-state index in [9.17, 15) is 13.2 Å². The Bertz CT molecular complexity index is 388. The van der Waals surface area contributed by atoms with Crippen molar-refractivity contribution in [2.75, 3.05) is 5.73 Å². The number of halogens is 3. The minimum atomic E-state index is -4.39. The normalized spacial score (nSPS) is 14.1. The summed E-state index contributed by atoms with van der Waals surface area (Å²) < 4.78 is 37.9. The van der Waals surface area contributed by atoms with E-state index < -0.39 is 11.7 Å². The molecule has 1 aromatic rings. The maximum absolute atomic E-state index is 12.6. The van der Waals surface area contributed by atoms with E-state index in [4.69, 9.17) is 5.73 Å². The Kier molecular flexibility index (Phi) is 4.36. The van der Waals surface area contributed by atoms with Crippen molar-refractivity contribution in [3.05, 3.63) is 23.8 Å². The fourth-order valence-electron chi connectivity index (χ4n) is 1.20. The van der Waals surface area contributed by atoms with Gasteiger partial charge in [0, 0.05) is 15.8 Å². The summed E-state index contributed by atoms with van der Waals surface area (Å²) in [6.07, 6.45) is -4.39. The lowest BCUT2D eigenvalue weighted by molar-refractivity contribution is -0.137. The van der Waals surface area contributed by atoms with Crippen LogP contribution in [0.1, 0.15) is 26.3 Å². The molecule has 0 heterocycles. The highest BCUT2D eigenvalue weighted by Gasteiger charge is 2.33. The third-order valence-corrected chi connectivity index (χ3v) is 4.03. The zero-order valence-corrected chi connectivity index (χ0v) is 10.8. The predicted molar refractivity (Wildman–Crippen MR) is 66.0 cm³/mol.